The normalized spacial score (nSPS) is 19.8. The number of fused-ring (bicyclic) bond motifs is 2. The van der Waals surface area contributed by atoms with Crippen LogP contribution in [0.4, 0.5) is 0 Å². The summed E-state index contributed by atoms with van der Waals surface area (Å²) in [7, 11) is 0. The van der Waals surface area contributed by atoms with E-state index in [0.717, 1.165) is 35.1 Å². The summed E-state index contributed by atoms with van der Waals surface area (Å²) in [5.41, 5.74) is 4.98. The fraction of sp³-hybridized carbons (Fsp3) is 0.278. The van der Waals surface area contributed by atoms with Gasteiger partial charge < -0.3 is 4.90 Å². The van der Waals surface area contributed by atoms with Gasteiger partial charge in [-0.05, 0) is 64.3 Å². The summed E-state index contributed by atoms with van der Waals surface area (Å²) in [5.74, 6) is 0.730. The molecule has 106 valence electrons. The molecule has 1 aliphatic carbocycles. The molecule has 3 heteroatoms. The van der Waals surface area contributed by atoms with Crippen LogP contribution in [0.1, 0.15) is 33.0 Å². The van der Waals surface area contributed by atoms with Gasteiger partial charge in [0.15, 0.2) is 0 Å². The molecular weight excluding hydrogens is 373 g/mol. The molecule has 1 unspecified atom stereocenters. The zero-order valence-corrected chi connectivity index (χ0v) is 13.8. The van der Waals surface area contributed by atoms with E-state index in [-0.39, 0.29) is 5.91 Å². The highest BCUT2D eigenvalue weighted by Crippen LogP contribution is 2.36. The van der Waals surface area contributed by atoms with Crippen LogP contribution in [-0.4, -0.2) is 23.9 Å². The molecule has 0 fully saturated rings. The fourth-order valence-electron chi connectivity index (χ4n) is 3.46. The monoisotopic (exact) mass is 389 g/mol. The average molecular weight is 389 g/mol. The van der Waals surface area contributed by atoms with Crippen LogP contribution in [0.15, 0.2) is 42.5 Å². The van der Waals surface area contributed by atoms with Crippen LogP contribution in [0.5, 0.6) is 0 Å². The lowest BCUT2D eigenvalue weighted by atomic mass is 9.77. The van der Waals surface area contributed by atoms with E-state index in [1.165, 1.54) is 16.7 Å². The first-order valence-corrected chi connectivity index (χ1v) is 8.46. The minimum Gasteiger partial charge on any atom is -0.338 e. The Bertz CT molecular complexity index is 725. The van der Waals surface area contributed by atoms with E-state index in [1.54, 1.807) is 0 Å². The van der Waals surface area contributed by atoms with E-state index in [2.05, 4.69) is 59.0 Å². The van der Waals surface area contributed by atoms with Gasteiger partial charge in [0.25, 0.3) is 5.91 Å². The van der Waals surface area contributed by atoms with Gasteiger partial charge >= 0.3 is 0 Å². The smallest absolute Gasteiger partial charge is 0.254 e. The van der Waals surface area contributed by atoms with E-state index in [4.69, 9.17) is 0 Å². The summed E-state index contributed by atoms with van der Waals surface area (Å²) in [6.07, 6.45) is 2.09. The summed E-state index contributed by atoms with van der Waals surface area (Å²) < 4.78 is 1.13. The number of benzene rings is 2. The van der Waals surface area contributed by atoms with Crippen molar-refractivity contribution in [2.45, 2.75) is 18.8 Å². The van der Waals surface area contributed by atoms with Crippen molar-refractivity contribution in [2.24, 2.45) is 0 Å². The van der Waals surface area contributed by atoms with Crippen molar-refractivity contribution < 1.29 is 4.79 Å². The zero-order chi connectivity index (χ0) is 14.4. The highest BCUT2D eigenvalue weighted by Gasteiger charge is 2.31. The topological polar surface area (TPSA) is 20.3 Å². The van der Waals surface area contributed by atoms with Crippen molar-refractivity contribution in [1.29, 1.82) is 0 Å². The number of hydrogen-bond acceptors (Lipinski definition) is 1. The quantitative estimate of drug-likeness (QED) is 0.719. The van der Waals surface area contributed by atoms with Gasteiger partial charge in [0, 0.05) is 28.1 Å². The molecule has 2 aromatic carbocycles. The first kappa shape index (κ1) is 13.3. The second kappa shape index (κ2) is 5.13. The standard InChI is InChI=1S/C18H16INO/c19-15-6-5-12-7-8-20(18(21)17(12)10-15)11-14-9-13-3-1-2-4-16(13)14/h1-6,10,14H,7-9,11H2. The Hall–Kier alpha value is -1.36. The van der Waals surface area contributed by atoms with E-state index in [1.807, 2.05) is 11.0 Å². The zero-order valence-electron chi connectivity index (χ0n) is 11.7. The van der Waals surface area contributed by atoms with Crippen molar-refractivity contribution >= 4 is 28.5 Å². The molecule has 0 bridgehead atoms. The first-order chi connectivity index (χ1) is 10.2. The van der Waals surface area contributed by atoms with E-state index >= 15 is 0 Å². The van der Waals surface area contributed by atoms with Gasteiger partial charge in [-0.1, -0.05) is 30.3 Å². The largest absolute Gasteiger partial charge is 0.338 e. The molecule has 1 heterocycles. The van der Waals surface area contributed by atoms with Crippen molar-refractivity contribution in [3.05, 3.63) is 68.3 Å². The number of halogens is 1. The van der Waals surface area contributed by atoms with Gasteiger partial charge in [-0.15, -0.1) is 0 Å². The number of rotatable bonds is 2. The summed E-state index contributed by atoms with van der Waals surface area (Å²) >= 11 is 2.28. The Balaban J connectivity index is 1.55. The minimum atomic E-state index is 0.208. The van der Waals surface area contributed by atoms with Crippen molar-refractivity contribution in [3.8, 4) is 0 Å². The van der Waals surface area contributed by atoms with Crippen molar-refractivity contribution in [1.82, 2.24) is 4.90 Å². The molecule has 0 N–H and O–H groups in total. The molecule has 4 rings (SSSR count). The second-order valence-corrected chi connectivity index (χ2v) is 7.15. The van der Waals surface area contributed by atoms with Crippen LogP contribution < -0.4 is 0 Å². The summed E-state index contributed by atoms with van der Waals surface area (Å²) in [5, 5.41) is 0. The third kappa shape index (κ3) is 2.27. The van der Waals surface area contributed by atoms with Crippen molar-refractivity contribution in [3.63, 3.8) is 0 Å². The first-order valence-electron chi connectivity index (χ1n) is 7.38. The lowest BCUT2D eigenvalue weighted by molar-refractivity contribution is 0.0724. The van der Waals surface area contributed by atoms with Gasteiger partial charge in [0.05, 0.1) is 0 Å². The molecule has 1 amide bonds. The molecule has 2 aromatic rings. The second-order valence-electron chi connectivity index (χ2n) is 5.90. The number of hydrogen-bond donors (Lipinski definition) is 0. The summed E-state index contributed by atoms with van der Waals surface area (Å²) in [6, 6.07) is 14.8. The Morgan fingerprint density at radius 1 is 1.14 bits per heavy atom. The van der Waals surface area contributed by atoms with Crippen LogP contribution >= 0.6 is 22.6 Å². The Morgan fingerprint density at radius 2 is 2.00 bits per heavy atom. The van der Waals surface area contributed by atoms with Crippen LogP contribution in [0.3, 0.4) is 0 Å². The number of carbonyl (C=O) groups excluding carboxylic acids is 1. The molecule has 2 aliphatic rings. The lowest BCUT2D eigenvalue weighted by Gasteiger charge is -2.37. The van der Waals surface area contributed by atoms with Crippen LogP contribution in [-0.2, 0) is 12.8 Å². The molecule has 0 spiro atoms. The SMILES string of the molecule is O=C1c2cc(I)ccc2CCN1CC1Cc2ccccc21. The fourth-order valence-corrected chi connectivity index (χ4v) is 3.95. The lowest BCUT2D eigenvalue weighted by Crippen LogP contribution is -2.42. The van der Waals surface area contributed by atoms with E-state index < -0.39 is 0 Å². The molecular formula is C18H16INO. The predicted octanol–water partition coefficient (Wildman–Crippen LogP) is 3.63. The molecule has 1 atom stereocenters. The molecule has 1 aliphatic heterocycles. The molecule has 0 aromatic heterocycles. The number of nitrogens with zero attached hydrogens (tertiary/aromatic N) is 1. The van der Waals surface area contributed by atoms with Gasteiger partial charge in [0.1, 0.15) is 0 Å². The average Bonchev–Trinajstić information content (AvgIpc) is 2.47. The Morgan fingerprint density at radius 3 is 2.86 bits per heavy atom. The molecule has 2 nitrogen and oxygen atoms in total. The molecule has 0 radical (unpaired) electrons. The maximum absolute atomic E-state index is 12.7. The third-order valence-electron chi connectivity index (χ3n) is 4.64. The van der Waals surface area contributed by atoms with Crippen molar-refractivity contribution in [2.75, 3.05) is 13.1 Å². The maximum atomic E-state index is 12.7. The van der Waals surface area contributed by atoms with Gasteiger partial charge in [-0.25, -0.2) is 0 Å². The highest BCUT2D eigenvalue weighted by molar-refractivity contribution is 14.1. The Kier molecular flexibility index (Phi) is 3.25. The molecule has 0 saturated heterocycles. The molecule has 21 heavy (non-hydrogen) atoms. The maximum Gasteiger partial charge on any atom is 0.254 e. The van der Waals surface area contributed by atoms with Crippen LogP contribution in [0.2, 0.25) is 0 Å². The summed E-state index contributed by atoms with van der Waals surface area (Å²) in [4.78, 5) is 14.7. The Labute approximate surface area is 138 Å². The number of carbonyl (C=O) groups is 1. The number of amides is 1. The predicted molar refractivity (Wildman–Crippen MR) is 91.7 cm³/mol. The minimum absolute atomic E-state index is 0.208. The van der Waals surface area contributed by atoms with Gasteiger partial charge in [0.2, 0.25) is 0 Å². The van der Waals surface area contributed by atoms with Crippen LogP contribution in [0.25, 0.3) is 0 Å². The van der Waals surface area contributed by atoms with E-state index in [9.17, 15) is 4.79 Å². The van der Waals surface area contributed by atoms with Crippen LogP contribution in [0, 0.1) is 3.57 Å². The highest BCUT2D eigenvalue weighted by atomic mass is 127. The summed E-state index contributed by atoms with van der Waals surface area (Å²) in [6.45, 7) is 1.71. The van der Waals surface area contributed by atoms with E-state index in [0.29, 0.717) is 5.92 Å². The van der Waals surface area contributed by atoms with Gasteiger partial charge in [-0.2, -0.15) is 0 Å². The molecule has 0 saturated carbocycles. The van der Waals surface area contributed by atoms with Gasteiger partial charge in [-0.3, -0.25) is 4.79 Å². The third-order valence-corrected chi connectivity index (χ3v) is 5.31.